The highest BCUT2D eigenvalue weighted by atomic mass is 16.5. The maximum absolute atomic E-state index is 12.5. The minimum Gasteiger partial charge on any atom is -0.508 e. The van der Waals surface area contributed by atoms with Crippen LogP contribution in [-0.2, 0) is 9.59 Å². The lowest BCUT2D eigenvalue weighted by Gasteiger charge is -2.32. The maximum Gasteiger partial charge on any atom is 0.311 e. The van der Waals surface area contributed by atoms with Crippen molar-refractivity contribution >= 4 is 17.6 Å². The highest BCUT2D eigenvalue weighted by Crippen LogP contribution is 2.40. The van der Waals surface area contributed by atoms with E-state index in [-0.39, 0.29) is 29.2 Å². The number of nitrogens with one attached hydrogen (secondary N) is 1. The van der Waals surface area contributed by atoms with Gasteiger partial charge in [-0.05, 0) is 75.1 Å². The molecular formula is C30H39NO4. The molecule has 35 heavy (non-hydrogen) atoms. The highest BCUT2D eigenvalue weighted by Gasteiger charge is 2.26. The first kappa shape index (κ1) is 27.9. The third-order valence-electron chi connectivity index (χ3n) is 6.03. The average molecular weight is 478 g/mol. The molecule has 0 spiro atoms. The van der Waals surface area contributed by atoms with Crippen molar-refractivity contribution in [2.45, 2.75) is 73.6 Å². The van der Waals surface area contributed by atoms with Crippen LogP contribution in [0.1, 0.15) is 73.6 Å². The average Bonchev–Trinajstić information content (AvgIpc) is 2.75. The van der Waals surface area contributed by atoms with Gasteiger partial charge in [0.25, 0.3) is 0 Å². The lowest BCUT2D eigenvalue weighted by atomic mass is 9.72. The summed E-state index contributed by atoms with van der Waals surface area (Å²) in [5.74, 6) is -0.701. The van der Waals surface area contributed by atoms with Crippen molar-refractivity contribution < 1.29 is 19.4 Å². The molecule has 5 nitrogen and oxygen atoms in total. The fourth-order valence-corrected chi connectivity index (χ4v) is 4.13. The van der Waals surface area contributed by atoms with Crippen LogP contribution in [0, 0.1) is 5.41 Å². The fraction of sp³-hybridized carbons (Fsp3) is 0.400. The molecule has 2 rings (SSSR count). The molecule has 0 unspecified atom stereocenters. The van der Waals surface area contributed by atoms with Crippen molar-refractivity contribution in [1.29, 1.82) is 0 Å². The van der Waals surface area contributed by atoms with E-state index in [0.29, 0.717) is 12.1 Å². The van der Waals surface area contributed by atoms with Gasteiger partial charge in [-0.3, -0.25) is 9.59 Å². The van der Waals surface area contributed by atoms with Gasteiger partial charge in [-0.1, -0.05) is 62.3 Å². The zero-order valence-electron chi connectivity index (χ0n) is 21.9. The zero-order chi connectivity index (χ0) is 26.0. The Morgan fingerprint density at radius 2 is 1.91 bits per heavy atom. The van der Waals surface area contributed by atoms with Gasteiger partial charge in [0.2, 0.25) is 5.91 Å². The van der Waals surface area contributed by atoms with Gasteiger partial charge in [0, 0.05) is 18.6 Å². The van der Waals surface area contributed by atoms with Crippen LogP contribution in [0.3, 0.4) is 0 Å². The Morgan fingerprint density at radius 3 is 2.60 bits per heavy atom. The van der Waals surface area contributed by atoms with E-state index in [1.807, 2.05) is 32.1 Å². The summed E-state index contributed by atoms with van der Waals surface area (Å²) in [5.41, 5.74) is 5.34. The topological polar surface area (TPSA) is 75.6 Å². The Balaban J connectivity index is 2.03. The van der Waals surface area contributed by atoms with E-state index in [9.17, 15) is 14.7 Å². The van der Waals surface area contributed by atoms with Crippen molar-refractivity contribution in [3.05, 3.63) is 76.9 Å². The van der Waals surface area contributed by atoms with Gasteiger partial charge in [0.1, 0.15) is 5.75 Å². The zero-order valence-corrected chi connectivity index (χ0v) is 21.9. The van der Waals surface area contributed by atoms with Gasteiger partial charge in [0.15, 0.2) is 5.75 Å². The molecule has 0 aromatic heterocycles. The standard InChI is InChI=1S/C30H39NO4/c1-7-10-29(34)35-27-20-24(32)15-17-26(27)31-28(33)19-22(3)12-8-11-21(2)14-16-25-23(4)13-9-18-30(25,5)6/h8,11-12,14-17,19-20,32H,7,9-10,13,18H2,1-6H3,(H,31,33). The number of hydrogen-bond acceptors (Lipinski definition) is 4. The van der Waals surface area contributed by atoms with Gasteiger partial charge in [-0.15, -0.1) is 0 Å². The maximum atomic E-state index is 12.5. The summed E-state index contributed by atoms with van der Waals surface area (Å²) in [6, 6.07) is 4.24. The van der Waals surface area contributed by atoms with Crippen LogP contribution in [0.4, 0.5) is 5.69 Å². The molecule has 1 aromatic rings. The number of phenols is 1. The van der Waals surface area contributed by atoms with Crippen molar-refractivity contribution in [3.63, 3.8) is 0 Å². The number of ether oxygens (including phenoxy) is 1. The molecule has 0 fully saturated rings. The number of carbonyl (C=O) groups excluding carboxylic acids is 2. The molecule has 0 bridgehead atoms. The predicted molar refractivity (Wildman–Crippen MR) is 143 cm³/mol. The molecule has 0 aliphatic heterocycles. The summed E-state index contributed by atoms with van der Waals surface area (Å²) in [4.78, 5) is 24.3. The number of benzene rings is 1. The van der Waals surface area contributed by atoms with Crippen molar-refractivity contribution in [3.8, 4) is 11.5 Å². The summed E-state index contributed by atoms with van der Waals surface area (Å²) in [6.07, 6.45) is 16.2. The van der Waals surface area contributed by atoms with Crippen LogP contribution in [-0.4, -0.2) is 17.0 Å². The number of hydrogen-bond donors (Lipinski definition) is 2. The Labute approximate surface area is 210 Å². The number of aromatic hydroxyl groups is 1. The number of esters is 1. The van der Waals surface area contributed by atoms with Crippen molar-refractivity contribution in [2.24, 2.45) is 5.41 Å². The second-order valence-electron chi connectivity index (χ2n) is 9.82. The normalized spacial score (nSPS) is 16.7. The quantitative estimate of drug-likeness (QED) is 0.126. The molecule has 0 saturated heterocycles. The van der Waals surface area contributed by atoms with E-state index in [2.05, 4.69) is 45.2 Å². The lowest BCUT2D eigenvalue weighted by Crippen LogP contribution is -2.19. The molecule has 0 saturated carbocycles. The van der Waals surface area contributed by atoms with Gasteiger partial charge in [0.05, 0.1) is 5.69 Å². The van der Waals surface area contributed by atoms with E-state index in [4.69, 9.17) is 4.74 Å². The third kappa shape index (κ3) is 9.08. The van der Waals surface area contributed by atoms with E-state index >= 15 is 0 Å². The minimum absolute atomic E-state index is 0.0494. The second-order valence-corrected chi connectivity index (χ2v) is 9.82. The van der Waals surface area contributed by atoms with Gasteiger partial charge < -0.3 is 15.2 Å². The van der Waals surface area contributed by atoms with E-state index in [0.717, 1.165) is 11.1 Å². The van der Waals surface area contributed by atoms with E-state index in [1.165, 1.54) is 54.7 Å². The molecule has 1 aliphatic rings. The Kier molecular flexibility index (Phi) is 10.3. The summed E-state index contributed by atoms with van der Waals surface area (Å²) in [5, 5.41) is 12.4. The van der Waals surface area contributed by atoms with E-state index < -0.39 is 5.97 Å². The smallest absolute Gasteiger partial charge is 0.311 e. The molecule has 5 heteroatoms. The lowest BCUT2D eigenvalue weighted by molar-refractivity contribution is -0.134. The number of carbonyl (C=O) groups is 2. The Hall–Kier alpha value is -3.34. The van der Waals surface area contributed by atoms with Gasteiger partial charge in [-0.2, -0.15) is 0 Å². The summed E-state index contributed by atoms with van der Waals surface area (Å²) < 4.78 is 5.28. The number of amides is 1. The summed E-state index contributed by atoms with van der Waals surface area (Å²) >= 11 is 0. The van der Waals surface area contributed by atoms with E-state index in [1.54, 1.807) is 0 Å². The molecule has 1 aliphatic carbocycles. The van der Waals surface area contributed by atoms with Crippen LogP contribution in [0.25, 0.3) is 0 Å². The predicted octanol–water partition coefficient (Wildman–Crippen LogP) is 7.57. The molecule has 188 valence electrons. The number of rotatable bonds is 9. The highest BCUT2D eigenvalue weighted by molar-refractivity contribution is 6.01. The molecule has 0 heterocycles. The number of anilines is 1. The van der Waals surface area contributed by atoms with Crippen LogP contribution in [0.2, 0.25) is 0 Å². The first-order chi connectivity index (χ1) is 16.5. The minimum atomic E-state index is -0.419. The first-order valence-corrected chi connectivity index (χ1v) is 12.3. The third-order valence-corrected chi connectivity index (χ3v) is 6.03. The molecular weight excluding hydrogens is 438 g/mol. The molecule has 0 radical (unpaired) electrons. The number of phenolic OH excluding ortho intramolecular Hbond substituents is 1. The van der Waals surface area contributed by atoms with Gasteiger partial charge in [-0.25, -0.2) is 0 Å². The Bertz CT molecular complexity index is 1080. The van der Waals surface area contributed by atoms with Gasteiger partial charge >= 0.3 is 5.97 Å². The van der Waals surface area contributed by atoms with Crippen LogP contribution < -0.4 is 10.1 Å². The molecule has 0 atom stereocenters. The SMILES string of the molecule is CCCC(=O)Oc1cc(O)ccc1NC(=O)C=C(C)C=CC=C(C)C=CC1=C(C)CCCC1(C)C. The summed E-state index contributed by atoms with van der Waals surface area (Å²) in [6.45, 7) is 12.6. The second kappa shape index (κ2) is 12.9. The molecule has 1 aromatic carbocycles. The monoisotopic (exact) mass is 477 g/mol. The Morgan fingerprint density at radius 1 is 1.17 bits per heavy atom. The summed E-state index contributed by atoms with van der Waals surface area (Å²) in [7, 11) is 0. The van der Waals surface area contributed by atoms with Crippen LogP contribution >= 0.6 is 0 Å². The molecule has 1 amide bonds. The fourth-order valence-electron chi connectivity index (χ4n) is 4.13. The first-order valence-electron chi connectivity index (χ1n) is 12.3. The van der Waals surface area contributed by atoms with Crippen LogP contribution in [0.15, 0.2) is 76.9 Å². The van der Waals surface area contributed by atoms with Crippen molar-refractivity contribution in [1.82, 2.24) is 0 Å². The molecule has 2 N–H and O–H groups in total. The number of allylic oxidation sites excluding steroid dienone is 9. The van der Waals surface area contributed by atoms with Crippen molar-refractivity contribution in [2.75, 3.05) is 5.32 Å². The van der Waals surface area contributed by atoms with Crippen LogP contribution in [0.5, 0.6) is 11.5 Å². The largest absolute Gasteiger partial charge is 0.508 e.